The zero-order chi connectivity index (χ0) is 13.7. The summed E-state index contributed by atoms with van der Waals surface area (Å²) in [6, 6.07) is 7.94. The van der Waals surface area contributed by atoms with Gasteiger partial charge in [-0.2, -0.15) is 5.26 Å². The van der Waals surface area contributed by atoms with Crippen LogP contribution in [0.15, 0.2) is 24.3 Å². The van der Waals surface area contributed by atoms with Crippen LogP contribution in [-0.2, 0) is 0 Å². The Kier molecular flexibility index (Phi) is 4.51. The number of nitriles is 1. The Morgan fingerprint density at radius 3 is 2.47 bits per heavy atom. The number of nitrogens with one attached hydrogen (secondary N) is 1. The van der Waals surface area contributed by atoms with Gasteiger partial charge in [-0.05, 0) is 55.9 Å². The van der Waals surface area contributed by atoms with E-state index in [0.29, 0.717) is 17.9 Å². The Morgan fingerprint density at radius 2 is 1.89 bits per heavy atom. The van der Waals surface area contributed by atoms with Gasteiger partial charge in [0.2, 0.25) is 0 Å². The van der Waals surface area contributed by atoms with Crippen molar-refractivity contribution in [2.45, 2.75) is 38.1 Å². The molecule has 1 amide bonds. The van der Waals surface area contributed by atoms with Gasteiger partial charge in [0, 0.05) is 18.0 Å². The lowest BCUT2D eigenvalue weighted by molar-refractivity contribution is 0.0922. The summed E-state index contributed by atoms with van der Waals surface area (Å²) in [5.41, 5.74) is 0.487. The number of hydrogen-bond donors (Lipinski definition) is 1. The molecule has 2 rings (SSSR count). The summed E-state index contributed by atoms with van der Waals surface area (Å²) in [6.07, 6.45) is 4.42. The summed E-state index contributed by atoms with van der Waals surface area (Å²) >= 11 is 0. The summed E-state index contributed by atoms with van der Waals surface area (Å²) in [5.74, 6) is -0.0127. The van der Waals surface area contributed by atoms with Gasteiger partial charge >= 0.3 is 0 Å². The zero-order valence-corrected chi connectivity index (χ0v) is 10.7. The molecule has 0 unspecified atom stereocenters. The maximum atomic E-state index is 12.8. The summed E-state index contributed by atoms with van der Waals surface area (Å²) in [5, 5.41) is 11.6. The summed E-state index contributed by atoms with van der Waals surface area (Å²) in [7, 11) is 0. The van der Waals surface area contributed by atoms with Crippen LogP contribution in [0.25, 0.3) is 0 Å². The fourth-order valence-electron chi connectivity index (χ4n) is 2.51. The minimum atomic E-state index is -0.339. The largest absolute Gasteiger partial charge is 0.349 e. The number of halogens is 1. The van der Waals surface area contributed by atoms with E-state index in [1.165, 1.54) is 24.3 Å². The highest BCUT2D eigenvalue weighted by Gasteiger charge is 2.22. The van der Waals surface area contributed by atoms with Gasteiger partial charge in [-0.3, -0.25) is 4.79 Å². The average molecular weight is 260 g/mol. The Morgan fingerprint density at radius 1 is 1.26 bits per heavy atom. The number of nitrogens with zero attached hydrogens (tertiary/aromatic N) is 1. The summed E-state index contributed by atoms with van der Waals surface area (Å²) in [6.45, 7) is 0. The van der Waals surface area contributed by atoms with Crippen LogP contribution >= 0.6 is 0 Å². The lowest BCUT2D eigenvalue weighted by Crippen LogP contribution is -2.37. The van der Waals surface area contributed by atoms with Crippen LogP contribution < -0.4 is 5.32 Å². The zero-order valence-electron chi connectivity index (χ0n) is 10.7. The van der Waals surface area contributed by atoms with Crippen LogP contribution in [0.1, 0.15) is 42.5 Å². The average Bonchev–Trinajstić information content (AvgIpc) is 2.42. The predicted octanol–water partition coefficient (Wildman–Crippen LogP) is 3.03. The third-order valence-electron chi connectivity index (χ3n) is 3.67. The molecule has 0 spiro atoms. The normalized spacial score (nSPS) is 22.5. The van der Waals surface area contributed by atoms with Crippen LogP contribution in [0, 0.1) is 23.1 Å². The van der Waals surface area contributed by atoms with Crippen molar-refractivity contribution in [3.63, 3.8) is 0 Å². The van der Waals surface area contributed by atoms with E-state index < -0.39 is 0 Å². The first-order chi connectivity index (χ1) is 9.19. The van der Waals surface area contributed by atoms with Crippen molar-refractivity contribution in [3.05, 3.63) is 35.6 Å². The molecule has 1 fully saturated rings. The molecule has 0 bridgehead atoms. The molecule has 1 aromatic rings. The van der Waals surface area contributed by atoms with E-state index in [2.05, 4.69) is 11.4 Å². The molecular weight excluding hydrogens is 243 g/mol. The summed E-state index contributed by atoms with van der Waals surface area (Å²) in [4.78, 5) is 11.9. The Labute approximate surface area is 112 Å². The van der Waals surface area contributed by atoms with Crippen molar-refractivity contribution in [1.82, 2.24) is 5.32 Å². The van der Waals surface area contributed by atoms with Crippen molar-refractivity contribution in [2.24, 2.45) is 5.92 Å². The topological polar surface area (TPSA) is 52.9 Å². The second-order valence-electron chi connectivity index (χ2n) is 5.06. The highest BCUT2D eigenvalue weighted by Crippen LogP contribution is 2.26. The molecule has 0 aliphatic heterocycles. The molecule has 4 heteroatoms. The molecule has 1 saturated carbocycles. The predicted molar refractivity (Wildman–Crippen MR) is 69.8 cm³/mol. The number of carbonyl (C=O) groups excluding carboxylic acids is 1. The lowest BCUT2D eigenvalue weighted by atomic mass is 9.84. The molecule has 19 heavy (non-hydrogen) atoms. The third kappa shape index (κ3) is 3.78. The highest BCUT2D eigenvalue weighted by atomic mass is 19.1. The van der Waals surface area contributed by atoms with Gasteiger partial charge in [-0.25, -0.2) is 4.39 Å². The minimum Gasteiger partial charge on any atom is -0.349 e. The number of carbonyl (C=O) groups is 1. The fraction of sp³-hybridized carbons (Fsp3) is 0.467. The van der Waals surface area contributed by atoms with E-state index >= 15 is 0 Å². The van der Waals surface area contributed by atoms with Crippen molar-refractivity contribution >= 4 is 5.91 Å². The molecule has 0 radical (unpaired) electrons. The van der Waals surface area contributed by atoms with E-state index in [4.69, 9.17) is 5.26 Å². The molecule has 1 aromatic carbocycles. The monoisotopic (exact) mass is 260 g/mol. The Balaban J connectivity index is 1.84. The van der Waals surface area contributed by atoms with Crippen molar-refractivity contribution in [3.8, 4) is 6.07 Å². The highest BCUT2D eigenvalue weighted by molar-refractivity contribution is 5.94. The quantitative estimate of drug-likeness (QED) is 0.908. The maximum Gasteiger partial charge on any atom is 0.251 e. The second kappa shape index (κ2) is 6.33. The number of amides is 1. The van der Waals surface area contributed by atoms with Crippen molar-refractivity contribution in [2.75, 3.05) is 0 Å². The molecule has 0 atom stereocenters. The lowest BCUT2D eigenvalue weighted by Gasteiger charge is -2.27. The Bertz CT molecular complexity index is 470. The molecule has 3 nitrogen and oxygen atoms in total. The Hall–Kier alpha value is -1.89. The van der Waals surface area contributed by atoms with E-state index in [9.17, 15) is 9.18 Å². The van der Waals surface area contributed by atoms with Crippen LogP contribution in [0.5, 0.6) is 0 Å². The van der Waals surface area contributed by atoms with Gasteiger partial charge < -0.3 is 5.32 Å². The SMILES string of the molecule is N#CCC1CCC(NC(=O)c2ccc(F)cc2)CC1. The van der Waals surface area contributed by atoms with Crippen molar-refractivity contribution in [1.29, 1.82) is 5.26 Å². The van der Waals surface area contributed by atoms with Crippen LogP contribution in [0.2, 0.25) is 0 Å². The number of hydrogen-bond acceptors (Lipinski definition) is 2. The van der Waals surface area contributed by atoms with Gasteiger partial charge in [0.15, 0.2) is 0 Å². The maximum absolute atomic E-state index is 12.8. The van der Waals surface area contributed by atoms with Crippen LogP contribution in [-0.4, -0.2) is 11.9 Å². The van der Waals surface area contributed by atoms with E-state index in [1.807, 2.05) is 0 Å². The van der Waals surface area contributed by atoms with Gasteiger partial charge in [0.05, 0.1) is 6.07 Å². The first kappa shape index (κ1) is 13.5. The van der Waals surface area contributed by atoms with Gasteiger partial charge in [0.25, 0.3) is 5.91 Å². The second-order valence-corrected chi connectivity index (χ2v) is 5.06. The fourth-order valence-corrected chi connectivity index (χ4v) is 2.51. The number of rotatable bonds is 3. The summed E-state index contributed by atoms with van der Waals surface area (Å²) < 4.78 is 12.8. The molecule has 1 aliphatic rings. The molecule has 1 aliphatic carbocycles. The molecule has 0 heterocycles. The van der Waals surface area contributed by atoms with Gasteiger partial charge in [0.1, 0.15) is 5.82 Å². The number of benzene rings is 1. The van der Waals surface area contributed by atoms with Gasteiger partial charge in [-0.1, -0.05) is 0 Å². The standard InChI is InChI=1S/C15H17FN2O/c16-13-5-3-12(4-6-13)15(19)18-14-7-1-11(2-8-14)9-10-17/h3-6,11,14H,1-2,7-9H2,(H,18,19). The molecule has 0 aromatic heterocycles. The van der Waals surface area contributed by atoms with Crippen LogP contribution in [0.4, 0.5) is 4.39 Å². The smallest absolute Gasteiger partial charge is 0.251 e. The van der Waals surface area contributed by atoms with E-state index in [-0.39, 0.29) is 17.8 Å². The molecule has 100 valence electrons. The third-order valence-corrected chi connectivity index (χ3v) is 3.67. The first-order valence-electron chi connectivity index (χ1n) is 6.62. The van der Waals surface area contributed by atoms with Crippen LogP contribution in [0.3, 0.4) is 0 Å². The van der Waals surface area contributed by atoms with E-state index in [1.54, 1.807) is 0 Å². The first-order valence-corrected chi connectivity index (χ1v) is 6.62. The van der Waals surface area contributed by atoms with E-state index in [0.717, 1.165) is 25.7 Å². The van der Waals surface area contributed by atoms with Gasteiger partial charge in [-0.15, -0.1) is 0 Å². The molecular formula is C15H17FN2O. The minimum absolute atomic E-state index is 0.149. The molecule has 1 N–H and O–H groups in total. The van der Waals surface area contributed by atoms with Crippen molar-refractivity contribution < 1.29 is 9.18 Å². The molecule has 0 saturated heterocycles.